The molecular weight excluding hydrogens is 238 g/mol. The van der Waals surface area contributed by atoms with Crippen molar-refractivity contribution in [1.82, 2.24) is 14.8 Å². The van der Waals surface area contributed by atoms with Gasteiger partial charge in [-0.05, 0) is 18.4 Å². The maximum atomic E-state index is 12.7. The number of aromatic nitrogens is 3. The van der Waals surface area contributed by atoms with Crippen LogP contribution < -0.4 is 0 Å². The van der Waals surface area contributed by atoms with Crippen molar-refractivity contribution in [1.29, 1.82) is 0 Å². The van der Waals surface area contributed by atoms with Crippen LogP contribution in [0, 0.1) is 0 Å². The van der Waals surface area contributed by atoms with E-state index >= 15 is 0 Å². The molecule has 1 aliphatic carbocycles. The standard InChI is InChI=1S/C15H17N3O/c1-18-14(16-11-17-18)10-13(19)15(8-5-9-15)12-6-3-2-4-7-12/h2-4,6-7,11H,5,8-10H2,1H3. The molecule has 0 spiro atoms. The van der Waals surface area contributed by atoms with E-state index in [1.54, 1.807) is 4.68 Å². The third-order valence-electron chi connectivity index (χ3n) is 4.19. The van der Waals surface area contributed by atoms with Crippen LogP contribution in [0.1, 0.15) is 30.7 Å². The fraction of sp³-hybridized carbons (Fsp3) is 0.400. The van der Waals surface area contributed by atoms with Crippen molar-refractivity contribution in [3.63, 3.8) is 0 Å². The molecule has 0 bridgehead atoms. The van der Waals surface area contributed by atoms with Gasteiger partial charge in [0, 0.05) is 7.05 Å². The van der Waals surface area contributed by atoms with Crippen LogP contribution in [-0.4, -0.2) is 20.5 Å². The van der Waals surface area contributed by atoms with Crippen LogP contribution in [0.5, 0.6) is 0 Å². The second-order valence-corrected chi connectivity index (χ2v) is 5.20. The highest BCUT2D eigenvalue weighted by Gasteiger charge is 2.45. The van der Waals surface area contributed by atoms with Gasteiger partial charge in [0.1, 0.15) is 12.2 Å². The second kappa shape index (κ2) is 4.61. The number of rotatable bonds is 4. The van der Waals surface area contributed by atoms with Crippen LogP contribution in [0.25, 0.3) is 0 Å². The molecule has 1 heterocycles. The summed E-state index contributed by atoms with van der Waals surface area (Å²) < 4.78 is 1.68. The highest BCUT2D eigenvalue weighted by atomic mass is 16.1. The maximum Gasteiger partial charge on any atom is 0.150 e. The first kappa shape index (κ1) is 12.1. The van der Waals surface area contributed by atoms with Crippen molar-refractivity contribution in [2.45, 2.75) is 31.1 Å². The minimum Gasteiger partial charge on any atom is -0.298 e. The number of carbonyl (C=O) groups excluding carboxylic acids is 1. The van der Waals surface area contributed by atoms with Gasteiger partial charge in [-0.3, -0.25) is 9.48 Å². The minimum absolute atomic E-state index is 0.265. The SMILES string of the molecule is Cn1ncnc1CC(=O)C1(c2ccccc2)CCC1. The lowest BCUT2D eigenvalue weighted by Gasteiger charge is -2.41. The van der Waals surface area contributed by atoms with Crippen molar-refractivity contribution in [2.24, 2.45) is 7.05 Å². The number of carbonyl (C=O) groups is 1. The molecular formula is C15H17N3O. The van der Waals surface area contributed by atoms with Gasteiger partial charge in [-0.15, -0.1) is 0 Å². The first-order valence-electron chi connectivity index (χ1n) is 6.64. The first-order chi connectivity index (χ1) is 9.22. The molecule has 0 aliphatic heterocycles. The zero-order chi connectivity index (χ0) is 13.3. The Morgan fingerprint density at radius 1 is 1.32 bits per heavy atom. The lowest BCUT2D eigenvalue weighted by molar-refractivity contribution is -0.127. The quantitative estimate of drug-likeness (QED) is 0.840. The average molecular weight is 255 g/mol. The van der Waals surface area contributed by atoms with Gasteiger partial charge in [0.2, 0.25) is 0 Å². The zero-order valence-corrected chi connectivity index (χ0v) is 11.0. The zero-order valence-electron chi connectivity index (χ0n) is 11.0. The van der Waals surface area contributed by atoms with Gasteiger partial charge in [-0.1, -0.05) is 36.8 Å². The summed E-state index contributed by atoms with van der Waals surface area (Å²) in [6, 6.07) is 10.1. The smallest absolute Gasteiger partial charge is 0.150 e. The van der Waals surface area contributed by atoms with Gasteiger partial charge in [0.25, 0.3) is 0 Å². The van der Waals surface area contributed by atoms with Crippen LogP contribution in [-0.2, 0) is 23.7 Å². The van der Waals surface area contributed by atoms with Crippen molar-refractivity contribution >= 4 is 5.78 Å². The Morgan fingerprint density at radius 3 is 2.58 bits per heavy atom. The molecule has 1 aromatic carbocycles. The molecule has 98 valence electrons. The Hall–Kier alpha value is -1.97. The van der Waals surface area contributed by atoms with Crippen molar-refractivity contribution < 1.29 is 4.79 Å². The van der Waals surface area contributed by atoms with Crippen LogP contribution in [0.15, 0.2) is 36.7 Å². The molecule has 0 atom stereocenters. The number of benzene rings is 1. The van der Waals surface area contributed by atoms with Gasteiger partial charge < -0.3 is 0 Å². The van der Waals surface area contributed by atoms with E-state index < -0.39 is 0 Å². The van der Waals surface area contributed by atoms with E-state index in [-0.39, 0.29) is 11.2 Å². The molecule has 1 aromatic heterocycles. The Bertz CT molecular complexity index is 584. The lowest BCUT2D eigenvalue weighted by Crippen LogP contribution is -2.43. The van der Waals surface area contributed by atoms with E-state index in [1.807, 2.05) is 25.2 Å². The summed E-state index contributed by atoms with van der Waals surface area (Å²) in [5, 5.41) is 4.02. The van der Waals surface area contributed by atoms with Gasteiger partial charge in [0.05, 0.1) is 11.8 Å². The van der Waals surface area contributed by atoms with Crippen LogP contribution >= 0.6 is 0 Å². The molecule has 1 saturated carbocycles. The fourth-order valence-electron chi connectivity index (χ4n) is 2.81. The summed E-state index contributed by atoms with van der Waals surface area (Å²) in [5.74, 6) is 1.01. The van der Waals surface area contributed by atoms with Crippen molar-refractivity contribution in [3.8, 4) is 0 Å². The Morgan fingerprint density at radius 2 is 2.05 bits per heavy atom. The highest BCUT2D eigenvalue weighted by Crippen LogP contribution is 2.44. The first-order valence-corrected chi connectivity index (χ1v) is 6.64. The number of nitrogens with zero attached hydrogens (tertiary/aromatic N) is 3. The normalized spacial score (nSPS) is 16.9. The van der Waals surface area contributed by atoms with E-state index in [0.29, 0.717) is 6.42 Å². The number of hydrogen-bond donors (Lipinski definition) is 0. The molecule has 0 radical (unpaired) electrons. The third kappa shape index (κ3) is 1.97. The van der Waals surface area contributed by atoms with Crippen molar-refractivity contribution in [2.75, 3.05) is 0 Å². The predicted molar refractivity (Wildman–Crippen MR) is 71.7 cm³/mol. The van der Waals surface area contributed by atoms with Gasteiger partial charge in [-0.25, -0.2) is 4.98 Å². The van der Waals surface area contributed by atoms with Crippen molar-refractivity contribution in [3.05, 3.63) is 48.0 Å². The van der Waals surface area contributed by atoms with Gasteiger partial charge in [-0.2, -0.15) is 5.10 Å². The van der Waals surface area contributed by atoms with E-state index in [0.717, 1.165) is 30.7 Å². The summed E-state index contributed by atoms with van der Waals surface area (Å²) >= 11 is 0. The van der Waals surface area contributed by atoms with Crippen LogP contribution in [0.3, 0.4) is 0 Å². The largest absolute Gasteiger partial charge is 0.298 e. The molecule has 0 amide bonds. The monoisotopic (exact) mass is 255 g/mol. The van der Waals surface area contributed by atoms with E-state index in [2.05, 4.69) is 22.2 Å². The van der Waals surface area contributed by atoms with Gasteiger partial charge >= 0.3 is 0 Å². The fourth-order valence-corrected chi connectivity index (χ4v) is 2.81. The summed E-state index contributed by atoms with van der Waals surface area (Å²) in [4.78, 5) is 16.8. The maximum absolute atomic E-state index is 12.7. The molecule has 4 heteroatoms. The second-order valence-electron chi connectivity index (χ2n) is 5.20. The van der Waals surface area contributed by atoms with E-state index in [4.69, 9.17) is 0 Å². The Balaban J connectivity index is 1.87. The molecule has 1 aliphatic rings. The molecule has 2 aromatic rings. The predicted octanol–water partition coefficient (Wildman–Crippen LogP) is 2.05. The summed E-state index contributed by atoms with van der Waals surface area (Å²) in [7, 11) is 1.82. The highest BCUT2D eigenvalue weighted by molar-refractivity contribution is 5.92. The molecule has 19 heavy (non-hydrogen) atoms. The van der Waals surface area contributed by atoms with E-state index in [9.17, 15) is 4.79 Å². The summed E-state index contributed by atoms with van der Waals surface area (Å²) in [6.45, 7) is 0. The third-order valence-corrected chi connectivity index (χ3v) is 4.19. The summed E-state index contributed by atoms with van der Waals surface area (Å²) in [6.07, 6.45) is 4.89. The lowest BCUT2D eigenvalue weighted by atomic mass is 9.61. The summed E-state index contributed by atoms with van der Waals surface area (Å²) in [5.41, 5.74) is 0.862. The molecule has 4 nitrogen and oxygen atoms in total. The topological polar surface area (TPSA) is 47.8 Å². The van der Waals surface area contributed by atoms with Crippen LogP contribution in [0.4, 0.5) is 0 Å². The molecule has 0 saturated heterocycles. The number of Topliss-reactive ketones (excluding diaryl/α,β-unsaturated/α-hetero) is 1. The number of ketones is 1. The Kier molecular flexibility index (Phi) is 2.93. The number of hydrogen-bond acceptors (Lipinski definition) is 3. The van der Waals surface area contributed by atoms with Crippen LogP contribution in [0.2, 0.25) is 0 Å². The van der Waals surface area contributed by atoms with E-state index in [1.165, 1.54) is 6.33 Å². The molecule has 0 unspecified atom stereocenters. The average Bonchev–Trinajstić information content (AvgIpc) is 2.75. The molecule has 1 fully saturated rings. The number of aryl methyl sites for hydroxylation is 1. The Labute approximate surface area is 112 Å². The molecule has 0 N–H and O–H groups in total. The minimum atomic E-state index is -0.285. The van der Waals surface area contributed by atoms with Gasteiger partial charge in [0.15, 0.2) is 5.78 Å². The molecule has 3 rings (SSSR count).